The monoisotopic (exact) mass is 335 g/mol. The Hall–Kier alpha value is -2.82. The van der Waals surface area contributed by atoms with Crippen molar-refractivity contribution >= 4 is 5.91 Å². The van der Waals surface area contributed by atoms with E-state index in [1.807, 2.05) is 34.8 Å². The minimum absolute atomic E-state index is 0.0708. The zero-order valence-electron chi connectivity index (χ0n) is 14.3. The van der Waals surface area contributed by atoms with E-state index < -0.39 is 0 Å². The van der Waals surface area contributed by atoms with Crippen LogP contribution in [0.3, 0.4) is 0 Å². The molecule has 25 heavy (non-hydrogen) atoms. The SMILES string of the molecule is CN(C(=O)c1ccc(Cn2ccnc2)o1)[C@@H]1CCCc2ccccc21. The quantitative estimate of drug-likeness (QED) is 0.731. The predicted molar refractivity (Wildman–Crippen MR) is 94.3 cm³/mol. The number of imidazole rings is 1. The molecule has 0 radical (unpaired) electrons. The number of benzene rings is 1. The van der Waals surface area contributed by atoms with Crippen LogP contribution in [-0.2, 0) is 13.0 Å². The average molecular weight is 335 g/mol. The third-order valence-corrected chi connectivity index (χ3v) is 4.90. The number of furan rings is 1. The van der Waals surface area contributed by atoms with Crippen molar-refractivity contribution < 1.29 is 9.21 Å². The molecule has 3 aromatic rings. The van der Waals surface area contributed by atoms with Gasteiger partial charge in [-0.15, -0.1) is 0 Å². The molecule has 128 valence electrons. The number of fused-ring (bicyclic) bond motifs is 1. The van der Waals surface area contributed by atoms with Gasteiger partial charge in [-0.3, -0.25) is 4.79 Å². The zero-order valence-corrected chi connectivity index (χ0v) is 14.3. The van der Waals surface area contributed by atoms with Crippen LogP contribution in [0.2, 0.25) is 0 Å². The fraction of sp³-hybridized carbons (Fsp3) is 0.300. The fourth-order valence-electron chi connectivity index (χ4n) is 3.58. The largest absolute Gasteiger partial charge is 0.454 e. The Kier molecular flexibility index (Phi) is 4.14. The first-order valence-electron chi connectivity index (χ1n) is 8.62. The summed E-state index contributed by atoms with van der Waals surface area (Å²) in [5.74, 6) is 1.07. The molecule has 1 amide bonds. The molecule has 0 saturated carbocycles. The molecule has 0 N–H and O–H groups in total. The molecule has 0 aliphatic heterocycles. The molecule has 0 saturated heterocycles. The van der Waals surface area contributed by atoms with Gasteiger partial charge in [0, 0.05) is 19.4 Å². The van der Waals surface area contributed by atoms with Gasteiger partial charge in [0.2, 0.25) is 0 Å². The van der Waals surface area contributed by atoms with Crippen molar-refractivity contribution in [3.8, 4) is 0 Å². The van der Waals surface area contributed by atoms with Gasteiger partial charge in [-0.1, -0.05) is 24.3 Å². The van der Waals surface area contributed by atoms with Gasteiger partial charge in [-0.25, -0.2) is 4.98 Å². The molecule has 0 bridgehead atoms. The summed E-state index contributed by atoms with van der Waals surface area (Å²) >= 11 is 0. The number of rotatable bonds is 4. The predicted octanol–water partition coefficient (Wildman–Crippen LogP) is 3.67. The van der Waals surface area contributed by atoms with Gasteiger partial charge in [-0.05, 0) is 42.5 Å². The normalized spacial score (nSPS) is 16.4. The molecule has 4 rings (SSSR count). The van der Waals surface area contributed by atoms with Crippen LogP contribution in [0, 0.1) is 0 Å². The molecule has 0 spiro atoms. The number of nitrogens with zero attached hydrogens (tertiary/aromatic N) is 3. The fourth-order valence-corrected chi connectivity index (χ4v) is 3.58. The van der Waals surface area contributed by atoms with Crippen molar-refractivity contribution in [2.45, 2.75) is 31.8 Å². The number of hydrogen-bond donors (Lipinski definition) is 0. The molecule has 1 aliphatic rings. The topological polar surface area (TPSA) is 51.3 Å². The Morgan fingerprint density at radius 2 is 2.20 bits per heavy atom. The van der Waals surface area contributed by atoms with E-state index in [1.165, 1.54) is 11.1 Å². The summed E-state index contributed by atoms with van der Waals surface area (Å²) in [6.07, 6.45) is 8.50. The Balaban J connectivity index is 1.52. The van der Waals surface area contributed by atoms with Gasteiger partial charge in [0.05, 0.1) is 18.9 Å². The van der Waals surface area contributed by atoms with E-state index in [1.54, 1.807) is 18.6 Å². The van der Waals surface area contributed by atoms with Crippen LogP contribution in [0.4, 0.5) is 0 Å². The molecule has 1 aromatic carbocycles. The Bertz CT molecular complexity index is 867. The summed E-state index contributed by atoms with van der Waals surface area (Å²) in [4.78, 5) is 18.7. The molecule has 5 heteroatoms. The van der Waals surface area contributed by atoms with E-state index in [2.05, 4.69) is 23.2 Å². The third-order valence-electron chi connectivity index (χ3n) is 4.90. The summed E-state index contributed by atoms with van der Waals surface area (Å²) < 4.78 is 7.69. The van der Waals surface area contributed by atoms with E-state index in [4.69, 9.17) is 4.42 Å². The molecule has 2 heterocycles. The first kappa shape index (κ1) is 15.7. The first-order valence-corrected chi connectivity index (χ1v) is 8.62. The van der Waals surface area contributed by atoms with Gasteiger partial charge in [0.1, 0.15) is 5.76 Å². The molecule has 2 aromatic heterocycles. The van der Waals surface area contributed by atoms with E-state index in [0.29, 0.717) is 12.3 Å². The lowest BCUT2D eigenvalue weighted by molar-refractivity contribution is 0.0680. The molecular weight excluding hydrogens is 314 g/mol. The van der Waals surface area contributed by atoms with E-state index in [-0.39, 0.29) is 11.9 Å². The van der Waals surface area contributed by atoms with Crippen molar-refractivity contribution in [3.63, 3.8) is 0 Å². The standard InChI is InChI=1S/C20H21N3O2/c1-22(18-8-4-6-15-5-2-3-7-17(15)18)20(24)19-10-9-16(25-19)13-23-12-11-21-14-23/h2-3,5,7,9-12,14,18H,4,6,8,13H2,1H3/t18-/m1/s1. The second-order valence-electron chi connectivity index (χ2n) is 6.52. The molecular formula is C20H21N3O2. The summed E-state index contributed by atoms with van der Waals surface area (Å²) in [6.45, 7) is 0.573. The van der Waals surface area contributed by atoms with Crippen LogP contribution < -0.4 is 0 Å². The lowest BCUT2D eigenvalue weighted by Gasteiger charge is -2.32. The Morgan fingerprint density at radius 3 is 3.04 bits per heavy atom. The first-order chi connectivity index (χ1) is 12.2. The lowest BCUT2D eigenvalue weighted by Crippen LogP contribution is -2.33. The van der Waals surface area contributed by atoms with Crippen molar-refractivity contribution in [3.05, 3.63) is 77.8 Å². The van der Waals surface area contributed by atoms with Crippen molar-refractivity contribution in [2.24, 2.45) is 0 Å². The summed E-state index contributed by atoms with van der Waals surface area (Å²) in [6, 6.07) is 12.1. The van der Waals surface area contributed by atoms with Crippen LogP contribution in [0.15, 0.2) is 59.5 Å². The van der Waals surface area contributed by atoms with Gasteiger partial charge in [-0.2, -0.15) is 0 Å². The maximum atomic E-state index is 12.9. The maximum absolute atomic E-state index is 12.9. The second-order valence-corrected chi connectivity index (χ2v) is 6.52. The molecule has 1 aliphatic carbocycles. The zero-order chi connectivity index (χ0) is 17.2. The van der Waals surface area contributed by atoms with Gasteiger partial charge in [0.15, 0.2) is 5.76 Å². The highest BCUT2D eigenvalue weighted by Gasteiger charge is 2.28. The number of carbonyl (C=O) groups excluding carboxylic acids is 1. The van der Waals surface area contributed by atoms with Gasteiger partial charge < -0.3 is 13.9 Å². The minimum Gasteiger partial charge on any atom is -0.454 e. The summed E-state index contributed by atoms with van der Waals surface area (Å²) in [5, 5.41) is 0. The van der Waals surface area contributed by atoms with Crippen LogP contribution >= 0.6 is 0 Å². The highest BCUT2D eigenvalue weighted by molar-refractivity contribution is 5.91. The van der Waals surface area contributed by atoms with Gasteiger partial charge in [0.25, 0.3) is 5.91 Å². The van der Waals surface area contributed by atoms with Crippen LogP contribution in [0.5, 0.6) is 0 Å². The smallest absolute Gasteiger partial charge is 0.289 e. The van der Waals surface area contributed by atoms with Crippen molar-refractivity contribution in [1.29, 1.82) is 0 Å². The number of amides is 1. The third kappa shape index (κ3) is 3.09. The number of hydrogen-bond acceptors (Lipinski definition) is 3. The molecule has 5 nitrogen and oxygen atoms in total. The van der Waals surface area contributed by atoms with E-state index >= 15 is 0 Å². The summed E-state index contributed by atoms with van der Waals surface area (Å²) in [7, 11) is 1.87. The second kappa shape index (κ2) is 6.59. The van der Waals surface area contributed by atoms with Crippen LogP contribution in [0.1, 0.15) is 46.3 Å². The summed E-state index contributed by atoms with van der Waals surface area (Å²) in [5.41, 5.74) is 2.61. The molecule has 0 unspecified atom stereocenters. The van der Waals surface area contributed by atoms with Crippen LogP contribution in [-0.4, -0.2) is 27.4 Å². The van der Waals surface area contributed by atoms with Crippen molar-refractivity contribution in [1.82, 2.24) is 14.5 Å². The van der Waals surface area contributed by atoms with Crippen LogP contribution in [0.25, 0.3) is 0 Å². The van der Waals surface area contributed by atoms with Gasteiger partial charge >= 0.3 is 0 Å². The number of aromatic nitrogens is 2. The average Bonchev–Trinajstić information content (AvgIpc) is 3.32. The maximum Gasteiger partial charge on any atom is 0.289 e. The Morgan fingerprint density at radius 1 is 1.32 bits per heavy atom. The lowest BCUT2D eigenvalue weighted by atomic mass is 9.87. The minimum atomic E-state index is -0.0708. The highest BCUT2D eigenvalue weighted by Crippen LogP contribution is 2.34. The molecule has 0 fully saturated rings. The Labute approximate surface area is 146 Å². The number of carbonyl (C=O) groups is 1. The molecule has 1 atom stereocenters. The number of aryl methyl sites for hydroxylation is 1. The van der Waals surface area contributed by atoms with E-state index in [0.717, 1.165) is 25.0 Å². The van der Waals surface area contributed by atoms with E-state index in [9.17, 15) is 4.79 Å². The van der Waals surface area contributed by atoms with Crippen molar-refractivity contribution in [2.75, 3.05) is 7.05 Å². The highest BCUT2D eigenvalue weighted by atomic mass is 16.4.